The third-order valence-electron chi connectivity index (χ3n) is 3.75. The molecule has 5 nitrogen and oxygen atoms in total. The van der Waals surface area contributed by atoms with Crippen LogP contribution in [0, 0.1) is 5.92 Å². The van der Waals surface area contributed by atoms with E-state index in [2.05, 4.69) is 4.90 Å². The first kappa shape index (κ1) is 12.1. The zero-order valence-electron chi connectivity index (χ0n) is 10.9. The van der Waals surface area contributed by atoms with E-state index >= 15 is 0 Å². The zero-order chi connectivity index (χ0) is 13.2. The van der Waals surface area contributed by atoms with Gasteiger partial charge in [-0.3, -0.25) is 4.79 Å². The van der Waals surface area contributed by atoms with E-state index in [4.69, 9.17) is 14.2 Å². The minimum Gasteiger partial charge on any atom is -0.469 e. The summed E-state index contributed by atoms with van der Waals surface area (Å²) in [6, 6.07) is 5.97. The van der Waals surface area contributed by atoms with Crippen molar-refractivity contribution in [3.8, 4) is 11.5 Å². The van der Waals surface area contributed by atoms with Crippen molar-refractivity contribution in [2.75, 3.05) is 31.9 Å². The molecule has 2 aliphatic rings. The largest absolute Gasteiger partial charge is 0.469 e. The molecule has 0 spiro atoms. The maximum Gasteiger partial charge on any atom is 0.308 e. The van der Waals surface area contributed by atoms with Gasteiger partial charge in [-0.05, 0) is 25.0 Å². The fourth-order valence-corrected chi connectivity index (χ4v) is 2.62. The lowest BCUT2D eigenvalue weighted by molar-refractivity contribution is -0.146. The van der Waals surface area contributed by atoms with Gasteiger partial charge in [0, 0.05) is 24.8 Å². The van der Waals surface area contributed by atoms with Crippen LogP contribution in [0.15, 0.2) is 18.2 Å². The van der Waals surface area contributed by atoms with Crippen molar-refractivity contribution < 1.29 is 19.0 Å². The molecule has 1 aromatic rings. The number of rotatable bonds is 2. The van der Waals surface area contributed by atoms with Gasteiger partial charge in [-0.2, -0.15) is 0 Å². The second kappa shape index (κ2) is 4.99. The molecular formula is C14H17NO4. The Labute approximate surface area is 112 Å². The van der Waals surface area contributed by atoms with Gasteiger partial charge in [0.05, 0.1) is 13.0 Å². The molecule has 5 heteroatoms. The lowest BCUT2D eigenvalue weighted by Gasteiger charge is -2.32. The summed E-state index contributed by atoms with van der Waals surface area (Å²) in [6.45, 7) is 2.02. The van der Waals surface area contributed by atoms with Crippen LogP contribution in [0.3, 0.4) is 0 Å². The summed E-state index contributed by atoms with van der Waals surface area (Å²) in [5, 5.41) is 0. The average Bonchev–Trinajstić information content (AvgIpc) is 2.94. The van der Waals surface area contributed by atoms with E-state index in [-0.39, 0.29) is 11.9 Å². The predicted molar refractivity (Wildman–Crippen MR) is 69.5 cm³/mol. The van der Waals surface area contributed by atoms with Crippen LogP contribution in [0.2, 0.25) is 0 Å². The Hall–Kier alpha value is -1.91. The molecule has 19 heavy (non-hydrogen) atoms. The Balaban J connectivity index is 1.67. The monoisotopic (exact) mass is 263 g/mol. The fraction of sp³-hybridized carbons (Fsp3) is 0.500. The molecule has 3 rings (SSSR count). The van der Waals surface area contributed by atoms with Crippen LogP contribution in [0.4, 0.5) is 5.69 Å². The Kier molecular flexibility index (Phi) is 3.19. The van der Waals surface area contributed by atoms with Gasteiger partial charge in [0.1, 0.15) is 0 Å². The highest BCUT2D eigenvalue weighted by atomic mass is 16.7. The smallest absolute Gasteiger partial charge is 0.308 e. The molecule has 2 aliphatic heterocycles. The third kappa shape index (κ3) is 2.32. The second-order valence-corrected chi connectivity index (χ2v) is 4.82. The number of nitrogens with zero attached hydrogens (tertiary/aromatic N) is 1. The summed E-state index contributed by atoms with van der Waals surface area (Å²) in [4.78, 5) is 13.8. The van der Waals surface area contributed by atoms with Crippen LogP contribution in [-0.4, -0.2) is 33.0 Å². The molecule has 102 valence electrons. The lowest BCUT2D eigenvalue weighted by atomic mass is 9.96. The molecule has 0 atom stereocenters. The predicted octanol–water partition coefficient (Wildman–Crippen LogP) is 1.80. The van der Waals surface area contributed by atoms with Crippen molar-refractivity contribution in [1.82, 2.24) is 0 Å². The van der Waals surface area contributed by atoms with Crippen molar-refractivity contribution in [3.63, 3.8) is 0 Å². The van der Waals surface area contributed by atoms with E-state index in [0.29, 0.717) is 6.79 Å². The maximum atomic E-state index is 11.5. The van der Waals surface area contributed by atoms with Crippen LogP contribution in [0.1, 0.15) is 12.8 Å². The minimum absolute atomic E-state index is 0.0373. The van der Waals surface area contributed by atoms with Gasteiger partial charge in [-0.25, -0.2) is 0 Å². The summed E-state index contributed by atoms with van der Waals surface area (Å²) < 4.78 is 15.5. The van der Waals surface area contributed by atoms with Gasteiger partial charge in [-0.15, -0.1) is 0 Å². The molecule has 0 bridgehead atoms. The quantitative estimate of drug-likeness (QED) is 0.761. The first-order chi connectivity index (χ1) is 9.28. The number of piperidine rings is 1. The summed E-state index contributed by atoms with van der Waals surface area (Å²) in [5.41, 5.74) is 1.12. The molecule has 0 N–H and O–H groups in total. The van der Waals surface area contributed by atoms with Gasteiger partial charge >= 0.3 is 5.97 Å². The number of benzene rings is 1. The SMILES string of the molecule is COC(=O)C1CCN(c2ccc3c(c2)OCO3)CC1. The number of hydrogen-bond acceptors (Lipinski definition) is 5. The van der Waals surface area contributed by atoms with E-state index in [1.54, 1.807) is 0 Å². The van der Waals surface area contributed by atoms with Crippen molar-refractivity contribution in [1.29, 1.82) is 0 Å². The van der Waals surface area contributed by atoms with Crippen LogP contribution in [0.25, 0.3) is 0 Å². The van der Waals surface area contributed by atoms with E-state index < -0.39 is 0 Å². The molecule has 0 radical (unpaired) electrons. The first-order valence-electron chi connectivity index (χ1n) is 6.50. The molecule has 1 saturated heterocycles. The van der Waals surface area contributed by atoms with Gasteiger partial charge in [0.2, 0.25) is 6.79 Å². The second-order valence-electron chi connectivity index (χ2n) is 4.82. The van der Waals surface area contributed by atoms with Crippen molar-refractivity contribution >= 4 is 11.7 Å². The molecule has 1 fully saturated rings. The topological polar surface area (TPSA) is 48.0 Å². The molecule has 0 saturated carbocycles. The van der Waals surface area contributed by atoms with Crippen LogP contribution < -0.4 is 14.4 Å². The minimum atomic E-state index is -0.0923. The maximum absolute atomic E-state index is 11.5. The third-order valence-corrected chi connectivity index (χ3v) is 3.75. The molecular weight excluding hydrogens is 246 g/mol. The highest BCUT2D eigenvalue weighted by molar-refractivity contribution is 5.72. The number of hydrogen-bond donors (Lipinski definition) is 0. The number of anilines is 1. The Morgan fingerprint density at radius 2 is 2.00 bits per heavy atom. The molecule has 0 aliphatic carbocycles. The van der Waals surface area contributed by atoms with E-state index in [9.17, 15) is 4.79 Å². The normalized spacial score (nSPS) is 18.5. The fourth-order valence-electron chi connectivity index (χ4n) is 2.62. The Morgan fingerprint density at radius 1 is 1.26 bits per heavy atom. The highest BCUT2D eigenvalue weighted by Gasteiger charge is 2.26. The molecule has 0 amide bonds. The molecule has 0 unspecified atom stereocenters. The summed E-state index contributed by atoms with van der Waals surface area (Å²) in [5.74, 6) is 1.54. The number of carbonyl (C=O) groups excluding carboxylic acids is 1. The summed E-state index contributed by atoms with van der Waals surface area (Å²) >= 11 is 0. The standard InChI is InChI=1S/C14H17NO4/c1-17-14(16)10-4-6-15(7-5-10)11-2-3-12-13(8-11)19-9-18-12/h2-3,8,10H,4-7,9H2,1H3. The van der Waals surface area contributed by atoms with E-state index in [0.717, 1.165) is 43.1 Å². The van der Waals surface area contributed by atoms with Crippen LogP contribution in [0.5, 0.6) is 11.5 Å². The molecule has 0 aromatic heterocycles. The lowest BCUT2D eigenvalue weighted by Crippen LogP contribution is -2.36. The van der Waals surface area contributed by atoms with E-state index in [1.165, 1.54) is 7.11 Å². The zero-order valence-corrected chi connectivity index (χ0v) is 10.9. The van der Waals surface area contributed by atoms with Gasteiger partial charge in [-0.1, -0.05) is 0 Å². The van der Waals surface area contributed by atoms with Crippen molar-refractivity contribution in [2.24, 2.45) is 5.92 Å². The highest BCUT2D eigenvalue weighted by Crippen LogP contribution is 2.36. The van der Waals surface area contributed by atoms with E-state index in [1.807, 2.05) is 18.2 Å². The molecule has 1 aromatic carbocycles. The first-order valence-corrected chi connectivity index (χ1v) is 6.50. The summed E-state index contributed by atoms with van der Waals surface area (Å²) in [7, 11) is 1.45. The number of esters is 1. The summed E-state index contributed by atoms with van der Waals surface area (Å²) in [6.07, 6.45) is 1.67. The van der Waals surface area contributed by atoms with Crippen LogP contribution >= 0.6 is 0 Å². The Bertz CT molecular complexity index is 480. The van der Waals surface area contributed by atoms with Gasteiger partial charge in [0.25, 0.3) is 0 Å². The van der Waals surface area contributed by atoms with Crippen LogP contribution in [-0.2, 0) is 9.53 Å². The van der Waals surface area contributed by atoms with Gasteiger partial charge in [0.15, 0.2) is 11.5 Å². The van der Waals surface area contributed by atoms with Crippen molar-refractivity contribution in [2.45, 2.75) is 12.8 Å². The molecule has 2 heterocycles. The van der Waals surface area contributed by atoms with Gasteiger partial charge < -0.3 is 19.1 Å². The number of ether oxygens (including phenoxy) is 3. The number of methoxy groups -OCH3 is 1. The number of fused-ring (bicyclic) bond motifs is 1. The number of carbonyl (C=O) groups is 1. The average molecular weight is 263 g/mol. The Morgan fingerprint density at radius 3 is 2.74 bits per heavy atom. The van der Waals surface area contributed by atoms with Crippen molar-refractivity contribution in [3.05, 3.63) is 18.2 Å².